The van der Waals surface area contributed by atoms with Gasteiger partial charge in [-0.3, -0.25) is 9.69 Å². The lowest BCUT2D eigenvalue weighted by molar-refractivity contribution is -0.121. The Hall–Kier alpha value is -1.94. The molecule has 1 aromatic carbocycles. The number of anilines is 1. The summed E-state index contributed by atoms with van der Waals surface area (Å²) >= 11 is 5.83. The van der Waals surface area contributed by atoms with E-state index in [1.807, 2.05) is 4.90 Å². The molecular weight excluding hydrogens is 392 g/mol. The zero-order chi connectivity index (χ0) is 19.6. The molecule has 146 valence electrons. The quantitative estimate of drug-likeness (QED) is 0.806. The molecule has 1 fully saturated rings. The molecule has 1 N–H and O–H groups in total. The number of carbonyl (C=O) groups excluding carboxylic acids is 1. The molecule has 1 aromatic heterocycles. The van der Waals surface area contributed by atoms with Gasteiger partial charge < -0.3 is 9.84 Å². The van der Waals surface area contributed by atoms with Gasteiger partial charge in [0.2, 0.25) is 15.9 Å². The number of amides is 1. The summed E-state index contributed by atoms with van der Waals surface area (Å²) in [5.74, 6) is 0.768. The van der Waals surface area contributed by atoms with Gasteiger partial charge in [-0.1, -0.05) is 16.8 Å². The van der Waals surface area contributed by atoms with E-state index in [9.17, 15) is 13.2 Å². The number of halogens is 1. The molecule has 8 nitrogen and oxygen atoms in total. The first-order valence-electron chi connectivity index (χ1n) is 8.51. The number of nitrogens with one attached hydrogen (secondary N) is 1. The summed E-state index contributed by atoms with van der Waals surface area (Å²) in [4.78, 5) is 14.5. The zero-order valence-corrected chi connectivity index (χ0v) is 16.6. The predicted molar refractivity (Wildman–Crippen MR) is 101 cm³/mol. The Labute approximate surface area is 163 Å². The highest BCUT2D eigenvalue weighted by Gasteiger charge is 2.32. The zero-order valence-electron chi connectivity index (χ0n) is 15.1. The van der Waals surface area contributed by atoms with E-state index >= 15 is 0 Å². The SMILES string of the molecule is Cc1cc(NC(=O)[C@H](C)N2CCN(S(=O)(=O)c3ccc(Cl)cc3)CC2)no1. The Balaban J connectivity index is 1.59. The molecule has 0 radical (unpaired) electrons. The smallest absolute Gasteiger partial charge is 0.243 e. The normalized spacial score (nSPS) is 17.6. The minimum atomic E-state index is -3.57. The summed E-state index contributed by atoms with van der Waals surface area (Å²) in [5, 5.41) is 6.93. The lowest BCUT2D eigenvalue weighted by Crippen LogP contribution is -2.53. The van der Waals surface area contributed by atoms with Gasteiger partial charge in [-0.2, -0.15) is 4.31 Å². The first-order chi connectivity index (χ1) is 12.8. The van der Waals surface area contributed by atoms with E-state index < -0.39 is 16.1 Å². The first-order valence-corrected chi connectivity index (χ1v) is 10.3. The number of nitrogens with zero attached hydrogens (tertiary/aromatic N) is 3. The van der Waals surface area contributed by atoms with E-state index in [1.165, 1.54) is 16.4 Å². The summed E-state index contributed by atoms with van der Waals surface area (Å²) in [6.45, 7) is 5.06. The van der Waals surface area contributed by atoms with Crippen LogP contribution in [0.15, 0.2) is 39.8 Å². The highest BCUT2D eigenvalue weighted by atomic mass is 35.5. The van der Waals surface area contributed by atoms with E-state index in [1.54, 1.807) is 32.0 Å². The van der Waals surface area contributed by atoms with Gasteiger partial charge in [0.15, 0.2) is 5.82 Å². The van der Waals surface area contributed by atoms with E-state index in [-0.39, 0.29) is 10.8 Å². The van der Waals surface area contributed by atoms with Gasteiger partial charge in [0.1, 0.15) is 5.76 Å². The predicted octanol–water partition coefficient (Wildman–Crippen LogP) is 1.97. The third-order valence-corrected chi connectivity index (χ3v) is 6.70. The van der Waals surface area contributed by atoms with Crippen LogP contribution < -0.4 is 5.32 Å². The van der Waals surface area contributed by atoms with Gasteiger partial charge in [-0.15, -0.1) is 0 Å². The molecule has 2 aromatic rings. The molecule has 1 aliphatic rings. The van der Waals surface area contributed by atoms with Crippen molar-refractivity contribution in [3.8, 4) is 0 Å². The largest absolute Gasteiger partial charge is 0.360 e. The highest BCUT2D eigenvalue weighted by Crippen LogP contribution is 2.20. The molecule has 27 heavy (non-hydrogen) atoms. The van der Waals surface area contributed by atoms with E-state index in [0.29, 0.717) is 42.8 Å². The fraction of sp³-hybridized carbons (Fsp3) is 0.412. The molecule has 0 spiro atoms. The molecular formula is C17H21ClN4O4S. The maximum absolute atomic E-state index is 12.7. The number of carbonyl (C=O) groups is 1. The van der Waals surface area contributed by atoms with Crippen LogP contribution in [-0.4, -0.2) is 60.9 Å². The van der Waals surface area contributed by atoms with Gasteiger partial charge in [0, 0.05) is 37.3 Å². The Bertz CT molecular complexity index is 905. The molecule has 1 aliphatic heterocycles. The Morgan fingerprint density at radius 1 is 1.22 bits per heavy atom. The molecule has 3 rings (SSSR count). The van der Waals surface area contributed by atoms with Crippen molar-refractivity contribution in [3.05, 3.63) is 41.1 Å². The molecule has 1 saturated heterocycles. The molecule has 10 heteroatoms. The van der Waals surface area contributed by atoms with Crippen LogP contribution >= 0.6 is 11.6 Å². The number of piperazine rings is 1. The highest BCUT2D eigenvalue weighted by molar-refractivity contribution is 7.89. The number of hydrogen-bond acceptors (Lipinski definition) is 6. The Kier molecular flexibility index (Phi) is 5.85. The minimum Gasteiger partial charge on any atom is -0.360 e. The molecule has 0 unspecified atom stereocenters. The fourth-order valence-electron chi connectivity index (χ4n) is 2.91. The second-order valence-corrected chi connectivity index (χ2v) is 8.76. The van der Waals surface area contributed by atoms with Gasteiger partial charge >= 0.3 is 0 Å². The molecule has 2 heterocycles. The monoisotopic (exact) mass is 412 g/mol. The second kappa shape index (κ2) is 7.97. The summed E-state index contributed by atoms with van der Waals surface area (Å²) < 4.78 is 31.8. The van der Waals surface area contributed by atoms with Crippen molar-refractivity contribution in [1.82, 2.24) is 14.4 Å². The molecule has 1 amide bonds. The number of hydrogen-bond donors (Lipinski definition) is 1. The maximum atomic E-state index is 12.7. The van der Waals surface area contributed by atoms with Crippen molar-refractivity contribution in [1.29, 1.82) is 0 Å². The number of benzene rings is 1. The second-order valence-electron chi connectivity index (χ2n) is 6.38. The Morgan fingerprint density at radius 3 is 2.41 bits per heavy atom. The molecule has 0 bridgehead atoms. The van der Waals surface area contributed by atoms with Crippen molar-refractivity contribution in [3.63, 3.8) is 0 Å². The van der Waals surface area contributed by atoms with Crippen molar-refractivity contribution < 1.29 is 17.7 Å². The summed E-state index contributed by atoms with van der Waals surface area (Å²) in [6, 6.07) is 7.34. The minimum absolute atomic E-state index is 0.211. The van der Waals surface area contributed by atoms with Gasteiger partial charge in [-0.25, -0.2) is 8.42 Å². The van der Waals surface area contributed by atoms with E-state index in [0.717, 1.165) is 0 Å². The van der Waals surface area contributed by atoms with Crippen LogP contribution in [-0.2, 0) is 14.8 Å². The van der Waals surface area contributed by atoms with E-state index in [2.05, 4.69) is 10.5 Å². The van der Waals surface area contributed by atoms with Gasteiger partial charge in [-0.05, 0) is 38.1 Å². The van der Waals surface area contributed by atoms with E-state index in [4.69, 9.17) is 16.1 Å². The van der Waals surface area contributed by atoms with Gasteiger partial charge in [0.05, 0.1) is 10.9 Å². The van der Waals surface area contributed by atoms with Crippen molar-refractivity contribution >= 4 is 33.3 Å². The third kappa shape index (κ3) is 4.49. The average Bonchev–Trinajstić information content (AvgIpc) is 3.06. The number of aromatic nitrogens is 1. The fourth-order valence-corrected chi connectivity index (χ4v) is 4.46. The molecule has 1 atom stereocenters. The number of aryl methyl sites for hydroxylation is 1. The number of sulfonamides is 1. The van der Waals surface area contributed by atoms with Crippen LogP contribution in [0.2, 0.25) is 5.02 Å². The van der Waals surface area contributed by atoms with Crippen molar-refractivity contribution in [2.24, 2.45) is 0 Å². The summed E-state index contributed by atoms with van der Waals surface area (Å²) in [5.41, 5.74) is 0. The van der Waals surface area contributed by atoms with Crippen LogP contribution in [0.1, 0.15) is 12.7 Å². The molecule has 0 aliphatic carbocycles. The van der Waals surface area contributed by atoms with Crippen LogP contribution in [0.4, 0.5) is 5.82 Å². The first kappa shape index (κ1) is 19.8. The van der Waals surface area contributed by atoms with Crippen LogP contribution in [0.3, 0.4) is 0 Å². The van der Waals surface area contributed by atoms with Crippen LogP contribution in [0.5, 0.6) is 0 Å². The maximum Gasteiger partial charge on any atom is 0.243 e. The standard InChI is InChI=1S/C17H21ClN4O4S/c1-12-11-16(20-26-12)19-17(23)13(2)21-7-9-22(10-8-21)27(24,25)15-5-3-14(18)4-6-15/h3-6,11,13H,7-10H2,1-2H3,(H,19,20,23)/t13-/m0/s1. The van der Waals surface area contributed by atoms with Crippen LogP contribution in [0.25, 0.3) is 0 Å². The molecule has 0 saturated carbocycles. The number of rotatable bonds is 5. The third-order valence-electron chi connectivity index (χ3n) is 4.53. The topological polar surface area (TPSA) is 95.8 Å². The Morgan fingerprint density at radius 2 is 1.85 bits per heavy atom. The van der Waals surface area contributed by atoms with Gasteiger partial charge in [0.25, 0.3) is 0 Å². The summed E-state index contributed by atoms with van der Waals surface area (Å²) in [6.07, 6.45) is 0. The summed E-state index contributed by atoms with van der Waals surface area (Å²) in [7, 11) is -3.57. The average molecular weight is 413 g/mol. The van der Waals surface area contributed by atoms with Crippen LogP contribution in [0, 0.1) is 6.92 Å². The lowest BCUT2D eigenvalue weighted by Gasteiger charge is -2.36. The van der Waals surface area contributed by atoms with Crippen molar-refractivity contribution in [2.75, 3.05) is 31.5 Å². The lowest BCUT2D eigenvalue weighted by atomic mass is 10.2. The van der Waals surface area contributed by atoms with Crippen molar-refractivity contribution in [2.45, 2.75) is 24.8 Å².